The molecule has 3 rings (SSSR count). The summed E-state index contributed by atoms with van der Waals surface area (Å²) in [7, 11) is 3.80. The van der Waals surface area contributed by atoms with E-state index in [-0.39, 0.29) is 34.9 Å². The van der Waals surface area contributed by atoms with Crippen LogP contribution in [-0.4, -0.2) is 46.1 Å². The van der Waals surface area contributed by atoms with Gasteiger partial charge in [0, 0.05) is 43.4 Å². The number of aromatic nitrogens is 2. The van der Waals surface area contributed by atoms with Crippen LogP contribution in [0, 0.1) is 0 Å². The van der Waals surface area contributed by atoms with Crippen LogP contribution < -0.4 is 9.59 Å². The van der Waals surface area contributed by atoms with E-state index < -0.39 is 6.09 Å². The molecular formula is C20H27ClN4O3. The van der Waals surface area contributed by atoms with Gasteiger partial charge in [-0.2, -0.15) is 0 Å². The molecule has 28 heavy (non-hydrogen) atoms. The summed E-state index contributed by atoms with van der Waals surface area (Å²) in [5.41, 5.74) is 3.40. The molecule has 1 aromatic heterocycles. The van der Waals surface area contributed by atoms with Gasteiger partial charge in [0.25, 0.3) is 0 Å². The topological polar surface area (TPSA) is 78.3 Å². The molecule has 0 radical (unpaired) electrons. The van der Waals surface area contributed by atoms with Crippen molar-refractivity contribution in [3.63, 3.8) is 0 Å². The van der Waals surface area contributed by atoms with Crippen LogP contribution in [-0.2, 0) is 11.8 Å². The van der Waals surface area contributed by atoms with Gasteiger partial charge in [-0.15, -0.1) is 12.4 Å². The molecule has 1 unspecified atom stereocenters. The number of carbonyl (C=O) groups is 2. The zero-order valence-corrected chi connectivity index (χ0v) is 17.7. The van der Waals surface area contributed by atoms with Crippen molar-refractivity contribution in [3.05, 3.63) is 36.3 Å². The Hall–Kier alpha value is -2.38. The second-order valence-corrected chi connectivity index (χ2v) is 7.44. The van der Waals surface area contributed by atoms with E-state index in [2.05, 4.69) is 4.98 Å². The number of hydrogen-bond donors (Lipinski definition) is 0. The van der Waals surface area contributed by atoms with E-state index in [1.54, 1.807) is 20.2 Å². The minimum Gasteiger partial charge on any atom is -0.530 e. The number of quaternary nitrogens is 1. The van der Waals surface area contributed by atoms with Crippen LogP contribution in [0.1, 0.15) is 38.8 Å². The Bertz CT molecular complexity index is 897. The molecule has 3 atom stereocenters. The summed E-state index contributed by atoms with van der Waals surface area (Å²) in [5, 5.41) is 11.7. The van der Waals surface area contributed by atoms with Gasteiger partial charge in [0.1, 0.15) is 11.8 Å². The number of fused-ring (bicyclic) bond motifs is 1. The summed E-state index contributed by atoms with van der Waals surface area (Å²) in [6, 6.07) is 5.46. The van der Waals surface area contributed by atoms with Gasteiger partial charge in [0.05, 0.1) is 38.1 Å². The molecule has 0 aliphatic carbocycles. The van der Waals surface area contributed by atoms with E-state index in [1.807, 2.05) is 50.0 Å². The predicted molar refractivity (Wildman–Crippen MR) is 109 cm³/mol. The lowest BCUT2D eigenvalue weighted by molar-refractivity contribution is -0.268. The van der Waals surface area contributed by atoms with Gasteiger partial charge >= 0.3 is 5.91 Å². The van der Waals surface area contributed by atoms with E-state index in [9.17, 15) is 14.7 Å². The van der Waals surface area contributed by atoms with Crippen LogP contribution in [0.2, 0.25) is 0 Å². The maximum atomic E-state index is 12.5. The number of benzene rings is 1. The number of amides is 2. The molecule has 0 spiro atoms. The average Bonchev–Trinajstić information content (AvgIpc) is 3.05. The molecule has 0 saturated heterocycles. The minimum atomic E-state index is -1.19. The molecule has 0 saturated carbocycles. The summed E-state index contributed by atoms with van der Waals surface area (Å²) in [6.07, 6.45) is 3.00. The first kappa shape index (κ1) is 21.9. The second kappa shape index (κ2) is 7.93. The fourth-order valence-electron chi connectivity index (χ4n) is 4.12. The maximum absolute atomic E-state index is 12.5. The Morgan fingerprint density at radius 2 is 2.07 bits per heavy atom. The fourth-order valence-corrected chi connectivity index (χ4v) is 4.12. The van der Waals surface area contributed by atoms with Crippen LogP contribution in [0.4, 0.5) is 10.5 Å². The van der Waals surface area contributed by atoms with Crippen LogP contribution >= 0.6 is 12.4 Å². The molecule has 0 fully saturated rings. The van der Waals surface area contributed by atoms with E-state index >= 15 is 0 Å². The summed E-state index contributed by atoms with van der Waals surface area (Å²) in [6.45, 7) is 5.71. The summed E-state index contributed by atoms with van der Waals surface area (Å²) in [5.74, 6) is 0.0317. The van der Waals surface area contributed by atoms with E-state index in [0.717, 1.165) is 22.5 Å². The SMILES string of the molecule is CCN(C(=O)[O-])[C@@H]1C[C@H](C)[N+](C)(C(C)=O)c2ccc(-c3cn(C)cn3)cc21.Cl. The Balaban J connectivity index is 0.00000280. The number of rotatable bonds is 3. The highest BCUT2D eigenvalue weighted by atomic mass is 35.5. The van der Waals surface area contributed by atoms with Gasteiger partial charge in [-0.25, -0.2) is 14.3 Å². The van der Waals surface area contributed by atoms with Crippen LogP contribution in [0.15, 0.2) is 30.7 Å². The molecule has 2 amide bonds. The van der Waals surface area contributed by atoms with Gasteiger partial charge in [-0.3, -0.25) is 0 Å². The average molecular weight is 407 g/mol. The largest absolute Gasteiger partial charge is 0.530 e. The standard InChI is InChI=1S/C20H26N4O3.ClH/c1-6-23(20(26)27)18-9-13(2)24(5,14(3)25)19-8-7-15(10-16(18)19)17-11-22(4)12-21-17;/h7-8,10-13,18H,6,9H2,1-5H3;1H/t13-,18+,24?;/m0./s1. The number of aryl methyl sites for hydroxylation is 1. The highest BCUT2D eigenvalue weighted by Gasteiger charge is 2.47. The van der Waals surface area contributed by atoms with Gasteiger partial charge in [0.2, 0.25) is 0 Å². The van der Waals surface area contributed by atoms with E-state index in [0.29, 0.717) is 13.0 Å². The fraction of sp³-hybridized carbons (Fsp3) is 0.450. The highest BCUT2D eigenvalue weighted by Crippen LogP contribution is 2.45. The minimum absolute atomic E-state index is 0. The van der Waals surface area contributed by atoms with Gasteiger partial charge in [0.15, 0.2) is 0 Å². The number of carbonyl (C=O) groups excluding carboxylic acids is 2. The molecule has 2 aromatic rings. The number of halogens is 1. The van der Waals surface area contributed by atoms with Crippen molar-refractivity contribution in [2.75, 3.05) is 13.6 Å². The van der Waals surface area contributed by atoms with Gasteiger partial charge in [-0.1, -0.05) is 0 Å². The van der Waals surface area contributed by atoms with Crippen LogP contribution in [0.5, 0.6) is 0 Å². The van der Waals surface area contributed by atoms with Crippen molar-refractivity contribution < 1.29 is 14.7 Å². The Morgan fingerprint density at radius 3 is 2.57 bits per heavy atom. The van der Waals surface area contributed by atoms with Crippen molar-refractivity contribution in [2.24, 2.45) is 7.05 Å². The van der Waals surface area contributed by atoms with E-state index in [1.165, 1.54) is 4.90 Å². The maximum Gasteiger partial charge on any atom is 0.315 e. The molecule has 1 aliphatic rings. The normalized spacial score (nSPS) is 23.5. The van der Waals surface area contributed by atoms with Crippen molar-refractivity contribution in [1.82, 2.24) is 18.9 Å². The lowest BCUT2D eigenvalue weighted by atomic mass is 9.87. The zero-order chi connectivity index (χ0) is 19.9. The van der Waals surface area contributed by atoms with Crippen molar-refractivity contribution in [1.29, 1.82) is 0 Å². The van der Waals surface area contributed by atoms with Crippen LogP contribution in [0.25, 0.3) is 11.3 Å². The zero-order valence-electron chi connectivity index (χ0n) is 16.9. The van der Waals surface area contributed by atoms with Gasteiger partial charge in [-0.05, 0) is 26.0 Å². The first-order valence-electron chi connectivity index (χ1n) is 9.17. The summed E-state index contributed by atoms with van der Waals surface area (Å²) >= 11 is 0. The van der Waals surface area contributed by atoms with Gasteiger partial charge < -0.3 is 19.4 Å². The third-order valence-corrected chi connectivity index (χ3v) is 5.94. The molecule has 0 bridgehead atoms. The predicted octanol–water partition coefficient (Wildman–Crippen LogP) is 2.49. The Labute approximate surface area is 171 Å². The monoisotopic (exact) mass is 406 g/mol. The summed E-state index contributed by atoms with van der Waals surface area (Å²) in [4.78, 5) is 30.0. The molecule has 1 aromatic carbocycles. The summed E-state index contributed by atoms with van der Waals surface area (Å²) < 4.78 is 2.02. The first-order valence-corrected chi connectivity index (χ1v) is 9.17. The second-order valence-electron chi connectivity index (χ2n) is 7.44. The lowest BCUT2D eigenvalue weighted by Gasteiger charge is -2.46. The number of carboxylic acid groups (broad SMARTS) is 1. The van der Waals surface area contributed by atoms with Crippen molar-refractivity contribution in [2.45, 2.75) is 39.3 Å². The molecular weight excluding hydrogens is 380 g/mol. The molecule has 7 nitrogen and oxygen atoms in total. The Morgan fingerprint density at radius 1 is 1.39 bits per heavy atom. The Kier molecular flexibility index (Phi) is 6.21. The van der Waals surface area contributed by atoms with Crippen molar-refractivity contribution >= 4 is 30.1 Å². The quantitative estimate of drug-likeness (QED) is 0.733. The number of imidazole rings is 1. The molecule has 1 aliphatic heterocycles. The third kappa shape index (κ3) is 3.40. The smallest absolute Gasteiger partial charge is 0.315 e. The molecule has 8 heteroatoms. The molecule has 0 N–H and O–H groups in total. The van der Waals surface area contributed by atoms with Crippen molar-refractivity contribution in [3.8, 4) is 11.3 Å². The highest BCUT2D eigenvalue weighted by molar-refractivity contribution is 5.89. The number of hydrogen-bond acceptors (Lipinski definition) is 4. The first-order chi connectivity index (χ1) is 12.7. The third-order valence-electron chi connectivity index (χ3n) is 5.94. The molecule has 2 heterocycles. The lowest BCUT2D eigenvalue weighted by Crippen LogP contribution is -2.60. The van der Waals surface area contributed by atoms with E-state index in [4.69, 9.17) is 0 Å². The molecule has 152 valence electrons. The number of nitrogens with zero attached hydrogens (tertiary/aromatic N) is 4. The van der Waals surface area contributed by atoms with Crippen LogP contribution in [0.3, 0.4) is 0 Å².